The van der Waals surface area contributed by atoms with Gasteiger partial charge >= 0.3 is 0 Å². The van der Waals surface area contributed by atoms with E-state index in [0.29, 0.717) is 16.7 Å². The minimum absolute atomic E-state index is 0.398. The van der Waals surface area contributed by atoms with E-state index in [1.807, 2.05) is 24.3 Å². The first-order chi connectivity index (χ1) is 9.24. The second kappa shape index (κ2) is 4.74. The SMILES string of the molecule is Nc1ccc(Cl)nc1Nc1cccc2ccncc12. The molecule has 0 aliphatic rings. The highest BCUT2D eigenvalue weighted by Crippen LogP contribution is 2.28. The molecule has 1 aromatic carbocycles. The van der Waals surface area contributed by atoms with Gasteiger partial charge in [0.05, 0.1) is 5.69 Å². The minimum Gasteiger partial charge on any atom is -0.396 e. The lowest BCUT2D eigenvalue weighted by Crippen LogP contribution is -1.99. The van der Waals surface area contributed by atoms with Gasteiger partial charge in [0.15, 0.2) is 5.82 Å². The number of anilines is 3. The maximum atomic E-state index is 5.88. The summed E-state index contributed by atoms with van der Waals surface area (Å²) in [5.74, 6) is 0.545. The number of benzene rings is 1. The Balaban J connectivity index is 2.08. The van der Waals surface area contributed by atoms with Gasteiger partial charge in [0.1, 0.15) is 5.15 Å². The summed E-state index contributed by atoms with van der Waals surface area (Å²) in [6.07, 6.45) is 3.57. The molecule has 3 rings (SSSR count). The molecule has 0 unspecified atom stereocenters. The van der Waals surface area contributed by atoms with E-state index in [-0.39, 0.29) is 0 Å². The van der Waals surface area contributed by atoms with Gasteiger partial charge in [0.2, 0.25) is 0 Å². The molecule has 0 atom stereocenters. The summed E-state index contributed by atoms with van der Waals surface area (Å²) >= 11 is 5.88. The van der Waals surface area contributed by atoms with Crippen LogP contribution in [0.15, 0.2) is 48.8 Å². The van der Waals surface area contributed by atoms with Crippen molar-refractivity contribution in [3.05, 3.63) is 53.9 Å². The van der Waals surface area contributed by atoms with E-state index in [0.717, 1.165) is 16.5 Å². The van der Waals surface area contributed by atoms with Crippen LogP contribution < -0.4 is 11.1 Å². The molecule has 0 aliphatic heterocycles. The minimum atomic E-state index is 0.398. The smallest absolute Gasteiger partial charge is 0.155 e. The van der Waals surface area contributed by atoms with Crippen LogP contribution in [-0.4, -0.2) is 9.97 Å². The molecule has 0 radical (unpaired) electrons. The van der Waals surface area contributed by atoms with Crippen molar-refractivity contribution in [2.75, 3.05) is 11.1 Å². The molecule has 0 saturated carbocycles. The van der Waals surface area contributed by atoms with Crippen molar-refractivity contribution in [1.82, 2.24) is 9.97 Å². The fourth-order valence-electron chi connectivity index (χ4n) is 1.90. The molecule has 94 valence electrons. The quantitative estimate of drug-likeness (QED) is 0.698. The number of pyridine rings is 2. The largest absolute Gasteiger partial charge is 0.396 e. The number of hydrogen-bond acceptors (Lipinski definition) is 4. The number of nitrogen functional groups attached to an aromatic ring is 1. The van der Waals surface area contributed by atoms with Gasteiger partial charge in [-0.15, -0.1) is 0 Å². The van der Waals surface area contributed by atoms with Gasteiger partial charge in [-0.1, -0.05) is 23.7 Å². The third kappa shape index (κ3) is 2.30. The van der Waals surface area contributed by atoms with Crippen molar-refractivity contribution in [2.24, 2.45) is 0 Å². The lowest BCUT2D eigenvalue weighted by atomic mass is 10.1. The monoisotopic (exact) mass is 270 g/mol. The van der Waals surface area contributed by atoms with Gasteiger partial charge in [-0.2, -0.15) is 0 Å². The predicted molar refractivity (Wildman–Crippen MR) is 78.7 cm³/mol. The Morgan fingerprint density at radius 3 is 2.89 bits per heavy atom. The number of fused-ring (bicyclic) bond motifs is 1. The first-order valence-corrected chi connectivity index (χ1v) is 6.13. The number of rotatable bonds is 2. The van der Waals surface area contributed by atoms with E-state index >= 15 is 0 Å². The van der Waals surface area contributed by atoms with Crippen LogP contribution in [0.2, 0.25) is 5.15 Å². The first-order valence-electron chi connectivity index (χ1n) is 5.76. The summed E-state index contributed by atoms with van der Waals surface area (Å²) in [6.45, 7) is 0. The predicted octanol–water partition coefficient (Wildman–Crippen LogP) is 3.61. The van der Waals surface area contributed by atoms with Crippen LogP contribution in [0, 0.1) is 0 Å². The van der Waals surface area contributed by atoms with Gasteiger partial charge < -0.3 is 11.1 Å². The molecular weight excluding hydrogens is 260 g/mol. The zero-order chi connectivity index (χ0) is 13.2. The summed E-state index contributed by atoms with van der Waals surface area (Å²) in [7, 11) is 0. The summed E-state index contributed by atoms with van der Waals surface area (Å²) < 4.78 is 0. The Hall–Kier alpha value is -2.33. The van der Waals surface area contributed by atoms with Crippen LogP contribution in [0.25, 0.3) is 10.8 Å². The summed E-state index contributed by atoms with van der Waals surface area (Å²) in [5, 5.41) is 5.70. The van der Waals surface area contributed by atoms with Crippen LogP contribution in [0.4, 0.5) is 17.2 Å². The topological polar surface area (TPSA) is 63.8 Å². The van der Waals surface area contributed by atoms with Gasteiger partial charge in [-0.05, 0) is 29.7 Å². The third-order valence-corrected chi connectivity index (χ3v) is 3.04. The Labute approximate surface area is 115 Å². The van der Waals surface area contributed by atoms with Crippen molar-refractivity contribution in [1.29, 1.82) is 0 Å². The number of halogens is 1. The van der Waals surface area contributed by atoms with E-state index < -0.39 is 0 Å². The molecule has 0 aliphatic carbocycles. The maximum Gasteiger partial charge on any atom is 0.155 e. The van der Waals surface area contributed by atoms with Crippen molar-refractivity contribution in [2.45, 2.75) is 0 Å². The Morgan fingerprint density at radius 2 is 2.00 bits per heavy atom. The lowest BCUT2D eigenvalue weighted by Gasteiger charge is -2.10. The highest BCUT2D eigenvalue weighted by atomic mass is 35.5. The second-order valence-corrected chi connectivity index (χ2v) is 4.49. The number of nitrogens with one attached hydrogen (secondary N) is 1. The highest BCUT2D eigenvalue weighted by molar-refractivity contribution is 6.29. The average molecular weight is 271 g/mol. The number of nitrogens with two attached hydrogens (primary N) is 1. The van der Waals surface area contributed by atoms with Crippen LogP contribution >= 0.6 is 11.6 Å². The fourth-order valence-corrected chi connectivity index (χ4v) is 2.04. The molecule has 3 aromatic rings. The number of hydrogen-bond donors (Lipinski definition) is 2. The molecule has 0 amide bonds. The molecule has 2 aromatic heterocycles. The summed E-state index contributed by atoms with van der Waals surface area (Å²) in [5.41, 5.74) is 7.32. The zero-order valence-corrected chi connectivity index (χ0v) is 10.7. The number of aromatic nitrogens is 2. The molecule has 5 heteroatoms. The molecule has 0 spiro atoms. The van der Waals surface area contributed by atoms with Crippen molar-refractivity contribution < 1.29 is 0 Å². The Kier molecular flexibility index (Phi) is 2.93. The van der Waals surface area contributed by atoms with Crippen LogP contribution in [-0.2, 0) is 0 Å². The molecule has 2 heterocycles. The van der Waals surface area contributed by atoms with Gasteiger partial charge in [0.25, 0.3) is 0 Å². The van der Waals surface area contributed by atoms with Crippen LogP contribution in [0.3, 0.4) is 0 Å². The van der Waals surface area contributed by atoms with Crippen molar-refractivity contribution in [3.8, 4) is 0 Å². The highest BCUT2D eigenvalue weighted by Gasteiger charge is 2.05. The summed E-state index contributed by atoms with van der Waals surface area (Å²) in [4.78, 5) is 8.32. The van der Waals surface area contributed by atoms with E-state index in [2.05, 4.69) is 15.3 Å². The third-order valence-electron chi connectivity index (χ3n) is 2.83. The van der Waals surface area contributed by atoms with Gasteiger partial charge in [-0.25, -0.2) is 4.98 Å². The first kappa shape index (κ1) is 11.7. The lowest BCUT2D eigenvalue weighted by molar-refractivity contribution is 1.31. The number of nitrogens with zero attached hydrogens (tertiary/aromatic N) is 2. The summed E-state index contributed by atoms with van der Waals surface area (Å²) in [6, 6.07) is 11.3. The van der Waals surface area contributed by atoms with Gasteiger partial charge in [0, 0.05) is 23.5 Å². The zero-order valence-electron chi connectivity index (χ0n) is 9.97. The Morgan fingerprint density at radius 1 is 1.11 bits per heavy atom. The molecule has 3 N–H and O–H groups in total. The Bertz CT molecular complexity index is 737. The molecule has 0 fully saturated rings. The standard InChI is InChI=1S/C14H11ClN4/c15-13-5-4-11(16)14(19-13)18-12-3-1-2-9-6-7-17-8-10(9)12/h1-8H,16H2,(H,18,19). The molecule has 19 heavy (non-hydrogen) atoms. The van der Waals surface area contributed by atoms with Crippen LogP contribution in [0.1, 0.15) is 0 Å². The van der Waals surface area contributed by atoms with Crippen molar-refractivity contribution in [3.63, 3.8) is 0 Å². The van der Waals surface area contributed by atoms with E-state index in [1.165, 1.54) is 0 Å². The molecule has 0 bridgehead atoms. The molecule has 0 saturated heterocycles. The molecular formula is C14H11ClN4. The molecule has 4 nitrogen and oxygen atoms in total. The second-order valence-electron chi connectivity index (χ2n) is 4.10. The van der Waals surface area contributed by atoms with E-state index in [1.54, 1.807) is 24.5 Å². The fraction of sp³-hybridized carbons (Fsp3) is 0. The average Bonchev–Trinajstić information content (AvgIpc) is 2.43. The van der Waals surface area contributed by atoms with E-state index in [4.69, 9.17) is 17.3 Å². The van der Waals surface area contributed by atoms with Crippen molar-refractivity contribution >= 4 is 39.6 Å². The maximum absolute atomic E-state index is 5.88. The normalized spacial score (nSPS) is 10.6. The van der Waals surface area contributed by atoms with Crippen LogP contribution in [0.5, 0.6) is 0 Å². The van der Waals surface area contributed by atoms with E-state index in [9.17, 15) is 0 Å². The van der Waals surface area contributed by atoms with Gasteiger partial charge in [-0.3, -0.25) is 4.98 Å².